The SMILES string of the molecule is BrC1(Br)CCCCCCCCCCC(Br)(Br)C1(Br)Br. The van der Waals surface area contributed by atoms with Gasteiger partial charge in [-0.25, -0.2) is 0 Å². The molecule has 1 aliphatic rings. The topological polar surface area (TPSA) is 0 Å². The van der Waals surface area contributed by atoms with Gasteiger partial charge in [0.1, 0.15) is 9.70 Å². The number of hydrogen-bond acceptors (Lipinski definition) is 0. The molecule has 19 heavy (non-hydrogen) atoms. The van der Waals surface area contributed by atoms with E-state index in [1.807, 2.05) is 0 Å². The fraction of sp³-hybridized carbons (Fsp3) is 1.00. The molecule has 0 bridgehead atoms. The van der Waals surface area contributed by atoms with Crippen molar-refractivity contribution in [3.63, 3.8) is 0 Å². The van der Waals surface area contributed by atoms with Gasteiger partial charge in [-0.2, -0.15) is 0 Å². The Balaban J connectivity index is 2.81. The zero-order valence-electron chi connectivity index (χ0n) is 10.8. The normalized spacial score (nSPS) is 28.7. The van der Waals surface area contributed by atoms with Gasteiger partial charge in [-0.3, -0.25) is 0 Å². The summed E-state index contributed by atoms with van der Waals surface area (Å²) < 4.78 is -0.670. The van der Waals surface area contributed by atoms with Crippen LogP contribution in [-0.2, 0) is 0 Å². The first-order chi connectivity index (χ1) is 8.71. The lowest BCUT2D eigenvalue weighted by molar-refractivity contribution is 0.557. The van der Waals surface area contributed by atoms with Crippen LogP contribution < -0.4 is 0 Å². The van der Waals surface area contributed by atoms with E-state index in [0.29, 0.717) is 0 Å². The Labute approximate surface area is 167 Å². The molecule has 1 saturated carbocycles. The average molecular weight is 656 g/mol. The van der Waals surface area contributed by atoms with E-state index in [-0.39, 0.29) is 9.70 Å². The molecule has 0 aromatic heterocycles. The molecule has 6 heteroatoms. The smallest absolute Gasteiger partial charge is 0.0701 e. The average Bonchev–Trinajstić information content (AvgIpc) is 2.30. The molecule has 0 atom stereocenters. The standard InChI is InChI=1S/C13H20Br6/c14-11(15)9-7-5-3-1-2-4-6-8-10-12(16,17)13(11,18)19/h1-10H2. The van der Waals surface area contributed by atoms with Crippen LogP contribution in [0.2, 0.25) is 0 Å². The molecule has 0 spiro atoms. The summed E-state index contributed by atoms with van der Waals surface area (Å²) in [4.78, 5) is 0. The van der Waals surface area contributed by atoms with Gasteiger partial charge in [0.15, 0.2) is 0 Å². The van der Waals surface area contributed by atoms with E-state index in [2.05, 4.69) is 95.6 Å². The third-order valence-electron chi connectivity index (χ3n) is 3.65. The molecule has 0 amide bonds. The highest BCUT2D eigenvalue weighted by molar-refractivity contribution is 9.33. The Morgan fingerprint density at radius 3 is 1.00 bits per heavy atom. The van der Waals surface area contributed by atoms with E-state index in [1.54, 1.807) is 0 Å². The van der Waals surface area contributed by atoms with Gasteiger partial charge in [0, 0.05) is 0 Å². The van der Waals surface area contributed by atoms with E-state index in [4.69, 9.17) is 0 Å². The number of hydrogen-bond donors (Lipinski definition) is 0. The predicted molar refractivity (Wildman–Crippen MR) is 108 cm³/mol. The van der Waals surface area contributed by atoms with Crippen molar-refractivity contribution in [2.75, 3.05) is 0 Å². The highest BCUT2D eigenvalue weighted by Gasteiger charge is 2.56. The molecule has 0 nitrogen and oxygen atoms in total. The van der Waals surface area contributed by atoms with Crippen LogP contribution in [0, 0.1) is 0 Å². The zero-order valence-corrected chi connectivity index (χ0v) is 20.4. The molecular formula is C13H20Br6. The Morgan fingerprint density at radius 1 is 0.421 bits per heavy atom. The summed E-state index contributed by atoms with van der Waals surface area (Å²) >= 11 is 23.2. The van der Waals surface area contributed by atoms with Gasteiger partial charge < -0.3 is 0 Å². The highest BCUT2D eigenvalue weighted by Crippen LogP contribution is 2.63. The van der Waals surface area contributed by atoms with Crippen LogP contribution in [-0.4, -0.2) is 9.70 Å². The Bertz CT molecular complexity index is 248. The van der Waals surface area contributed by atoms with Crippen molar-refractivity contribution in [1.29, 1.82) is 0 Å². The lowest BCUT2D eigenvalue weighted by Gasteiger charge is -2.43. The maximum absolute atomic E-state index is 3.87. The quantitative estimate of drug-likeness (QED) is 0.230. The Morgan fingerprint density at radius 2 is 0.684 bits per heavy atom. The van der Waals surface area contributed by atoms with Gasteiger partial charge in [0.05, 0.1) is 0 Å². The molecule has 1 aliphatic carbocycles. The number of halogens is 6. The summed E-state index contributed by atoms with van der Waals surface area (Å²) in [6.45, 7) is 0. The second-order valence-electron chi connectivity index (χ2n) is 5.31. The van der Waals surface area contributed by atoms with E-state index in [9.17, 15) is 0 Å². The van der Waals surface area contributed by atoms with Crippen molar-refractivity contribution >= 4 is 95.6 Å². The third kappa shape index (κ3) is 5.78. The Kier molecular flexibility index (Phi) is 9.08. The van der Waals surface area contributed by atoms with Crippen molar-refractivity contribution in [1.82, 2.24) is 0 Å². The van der Waals surface area contributed by atoms with Crippen molar-refractivity contribution in [2.24, 2.45) is 0 Å². The monoisotopic (exact) mass is 650 g/mol. The van der Waals surface area contributed by atoms with Gasteiger partial charge in [0.2, 0.25) is 0 Å². The van der Waals surface area contributed by atoms with Crippen LogP contribution >= 0.6 is 95.6 Å². The molecule has 0 N–H and O–H groups in total. The summed E-state index contributed by atoms with van der Waals surface area (Å²) in [7, 11) is 0. The molecular weight excluding hydrogens is 636 g/mol. The van der Waals surface area contributed by atoms with Gasteiger partial charge >= 0.3 is 0 Å². The number of rotatable bonds is 0. The van der Waals surface area contributed by atoms with Crippen LogP contribution in [0.3, 0.4) is 0 Å². The van der Waals surface area contributed by atoms with Gasteiger partial charge in [-0.05, 0) is 12.8 Å². The maximum atomic E-state index is 3.87. The zero-order chi connectivity index (χ0) is 14.6. The first kappa shape index (κ1) is 19.9. The Hall–Kier alpha value is 2.88. The summed E-state index contributed by atoms with van der Waals surface area (Å²) in [6, 6.07) is 0. The van der Waals surface area contributed by atoms with Crippen LogP contribution in [0.4, 0.5) is 0 Å². The van der Waals surface area contributed by atoms with Crippen molar-refractivity contribution < 1.29 is 0 Å². The van der Waals surface area contributed by atoms with E-state index >= 15 is 0 Å². The fourth-order valence-electron chi connectivity index (χ4n) is 2.34. The van der Waals surface area contributed by atoms with Crippen LogP contribution in [0.15, 0.2) is 0 Å². The van der Waals surface area contributed by atoms with E-state index in [0.717, 1.165) is 12.8 Å². The van der Waals surface area contributed by atoms with E-state index < -0.39 is 0 Å². The molecule has 0 saturated heterocycles. The molecule has 0 aliphatic heterocycles. The molecule has 0 heterocycles. The molecule has 1 fully saturated rings. The van der Waals surface area contributed by atoms with Gasteiger partial charge in [-0.1, -0.05) is 147 Å². The first-order valence-electron chi connectivity index (χ1n) is 6.84. The van der Waals surface area contributed by atoms with Crippen molar-refractivity contribution in [3.05, 3.63) is 0 Å². The van der Waals surface area contributed by atoms with Crippen LogP contribution in [0.5, 0.6) is 0 Å². The van der Waals surface area contributed by atoms with Crippen molar-refractivity contribution in [3.8, 4) is 0 Å². The van der Waals surface area contributed by atoms with Crippen molar-refractivity contribution in [2.45, 2.75) is 73.9 Å². The summed E-state index contributed by atoms with van der Waals surface area (Å²) in [5, 5.41) is 0. The molecule has 1 rings (SSSR count). The first-order valence-corrected chi connectivity index (χ1v) is 11.6. The molecule has 0 aromatic rings. The summed E-state index contributed by atoms with van der Waals surface area (Å²) in [6.07, 6.45) is 12.7. The lowest BCUT2D eigenvalue weighted by Crippen LogP contribution is -2.47. The summed E-state index contributed by atoms with van der Waals surface area (Å²) in [5.41, 5.74) is 0. The lowest BCUT2D eigenvalue weighted by atomic mass is 10.1. The maximum Gasteiger partial charge on any atom is 0.130 e. The minimum absolute atomic E-state index is 0.186. The minimum Gasteiger partial charge on any atom is -0.0701 e. The van der Waals surface area contributed by atoms with Gasteiger partial charge in [-0.15, -0.1) is 0 Å². The minimum atomic E-state index is -0.298. The summed E-state index contributed by atoms with van der Waals surface area (Å²) in [5.74, 6) is 0. The van der Waals surface area contributed by atoms with Gasteiger partial charge in [0.25, 0.3) is 0 Å². The molecule has 114 valence electrons. The highest BCUT2D eigenvalue weighted by atomic mass is 79.9. The third-order valence-corrected chi connectivity index (χ3v) is 14.6. The van der Waals surface area contributed by atoms with E-state index in [1.165, 1.54) is 51.4 Å². The molecule has 0 aromatic carbocycles. The van der Waals surface area contributed by atoms with Crippen LogP contribution in [0.1, 0.15) is 64.2 Å². The predicted octanol–water partition coefficient (Wildman–Crippen LogP) is 8.36. The second-order valence-corrected chi connectivity index (χ2v) is 16.3. The largest absolute Gasteiger partial charge is 0.130 e. The second kappa shape index (κ2) is 8.65. The fourth-order valence-corrected chi connectivity index (χ4v) is 6.67. The molecule has 0 unspecified atom stereocenters. The van der Waals surface area contributed by atoms with Crippen LogP contribution in [0.25, 0.3) is 0 Å². The number of alkyl halides is 6. The molecule has 0 radical (unpaired) electrons.